The Kier molecular flexibility index (Phi) is 9.81. The van der Waals surface area contributed by atoms with Gasteiger partial charge in [-0.1, -0.05) is 31.2 Å². The third kappa shape index (κ3) is 6.95. The number of anilines is 2. The maximum atomic E-state index is 13.2. The van der Waals surface area contributed by atoms with Crippen molar-refractivity contribution >= 4 is 28.3 Å². The lowest BCUT2D eigenvalue weighted by atomic mass is 10.1. The fraction of sp³-hybridized carbons (Fsp3) is 0.483. The molecule has 1 saturated heterocycles. The molecule has 1 aliphatic heterocycles. The van der Waals surface area contributed by atoms with E-state index < -0.39 is 0 Å². The van der Waals surface area contributed by atoms with Crippen LogP contribution in [0.2, 0.25) is 0 Å². The SMILES string of the molecule is CCOc1ccccc1N1CCN(C(=O)CCN(c2nc(Cc3cccc(OC)c3)ns2)C(C)CC)CC1. The Hall–Kier alpha value is -3.33. The van der Waals surface area contributed by atoms with Crippen LogP contribution in [0.3, 0.4) is 0 Å². The highest BCUT2D eigenvalue weighted by molar-refractivity contribution is 7.09. The van der Waals surface area contributed by atoms with Crippen molar-refractivity contribution in [2.45, 2.75) is 46.1 Å². The van der Waals surface area contributed by atoms with Gasteiger partial charge in [0, 0.05) is 63.1 Å². The second-order valence-corrected chi connectivity index (χ2v) is 10.2. The molecule has 2 aromatic carbocycles. The Balaban J connectivity index is 1.33. The zero-order valence-corrected chi connectivity index (χ0v) is 23.7. The van der Waals surface area contributed by atoms with Gasteiger partial charge in [0.05, 0.1) is 19.4 Å². The predicted octanol–water partition coefficient (Wildman–Crippen LogP) is 4.88. The van der Waals surface area contributed by atoms with Crippen LogP contribution in [-0.4, -0.2) is 72.6 Å². The van der Waals surface area contributed by atoms with Crippen LogP contribution in [0.1, 0.15) is 45.0 Å². The highest BCUT2D eigenvalue weighted by atomic mass is 32.1. The van der Waals surface area contributed by atoms with Gasteiger partial charge < -0.3 is 24.2 Å². The molecule has 0 spiro atoms. The lowest BCUT2D eigenvalue weighted by Gasteiger charge is -2.37. The molecule has 0 aliphatic carbocycles. The van der Waals surface area contributed by atoms with E-state index in [2.05, 4.69) is 40.2 Å². The van der Waals surface area contributed by atoms with Gasteiger partial charge in [0.25, 0.3) is 0 Å². The molecule has 1 atom stereocenters. The zero-order valence-electron chi connectivity index (χ0n) is 22.9. The molecule has 1 fully saturated rings. The smallest absolute Gasteiger partial charge is 0.224 e. The summed E-state index contributed by atoms with van der Waals surface area (Å²) in [6.45, 7) is 10.6. The molecule has 1 unspecified atom stereocenters. The summed E-state index contributed by atoms with van der Waals surface area (Å²) in [6, 6.07) is 16.4. The van der Waals surface area contributed by atoms with Crippen molar-refractivity contribution in [3.8, 4) is 11.5 Å². The summed E-state index contributed by atoms with van der Waals surface area (Å²) in [5.41, 5.74) is 2.22. The number of aromatic nitrogens is 2. The Morgan fingerprint density at radius 2 is 1.89 bits per heavy atom. The van der Waals surface area contributed by atoms with E-state index in [1.807, 2.05) is 48.2 Å². The fourth-order valence-corrected chi connectivity index (χ4v) is 5.50. The standard InChI is InChI=1S/C29H39N5O3S/c1-5-22(3)34(29-30-27(31-38-29)21-23-10-9-11-24(20-23)36-4)15-14-28(35)33-18-16-32(17-19-33)25-12-7-8-13-26(25)37-6-2/h7-13,20,22H,5-6,14-19,21H2,1-4H3. The molecule has 3 aromatic rings. The highest BCUT2D eigenvalue weighted by Crippen LogP contribution is 2.29. The molecular weight excluding hydrogens is 498 g/mol. The number of carbonyl (C=O) groups is 1. The topological polar surface area (TPSA) is 71.0 Å². The summed E-state index contributed by atoms with van der Waals surface area (Å²) in [5.74, 6) is 2.72. The van der Waals surface area contributed by atoms with E-state index in [0.717, 1.165) is 53.2 Å². The van der Waals surface area contributed by atoms with Gasteiger partial charge in [-0.05, 0) is 50.1 Å². The number of methoxy groups -OCH3 is 1. The molecule has 8 nitrogen and oxygen atoms in total. The molecule has 204 valence electrons. The molecule has 38 heavy (non-hydrogen) atoms. The van der Waals surface area contributed by atoms with Crippen LogP contribution in [-0.2, 0) is 11.2 Å². The number of benzene rings is 2. The number of para-hydroxylation sites is 2. The molecule has 0 bridgehead atoms. The van der Waals surface area contributed by atoms with Crippen LogP contribution in [0.4, 0.5) is 10.8 Å². The summed E-state index contributed by atoms with van der Waals surface area (Å²) >= 11 is 1.41. The van der Waals surface area contributed by atoms with Gasteiger partial charge in [0.2, 0.25) is 11.0 Å². The monoisotopic (exact) mass is 537 g/mol. The summed E-state index contributed by atoms with van der Waals surface area (Å²) < 4.78 is 15.8. The van der Waals surface area contributed by atoms with Crippen LogP contribution in [0.25, 0.3) is 0 Å². The maximum absolute atomic E-state index is 13.2. The van der Waals surface area contributed by atoms with E-state index in [4.69, 9.17) is 14.5 Å². The molecule has 1 aromatic heterocycles. The molecule has 2 heterocycles. The van der Waals surface area contributed by atoms with Crippen LogP contribution in [0.15, 0.2) is 48.5 Å². The molecule has 9 heteroatoms. The van der Waals surface area contributed by atoms with Gasteiger partial charge >= 0.3 is 0 Å². The average molecular weight is 538 g/mol. The first-order chi connectivity index (χ1) is 18.5. The summed E-state index contributed by atoms with van der Waals surface area (Å²) in [4.78, 5) is 24.5. The molecule has 1 amide bonds. The zero-order chi connectivity index (χ0) is 26.9. The van der Waals surface area contributed by atoms with Crippen LogP contribution >= 0.6 is 11.5 Å². The van der Waals surface area contributed by atoms with Crippen molar-refractivity contribution < 1.29 is 14.3 Å². The quantitative estimate of drug-likeness (QED) is 0.326. The summed E-state index contributed by atoms with van der Waals surface area (Å²) in [7, 11) is 1.67. The number of rotatable bonds is 12. The molecule has 1 aliphatic rings. The maximum Gasteiger partial charge on any atom is 0.224 e. The van der Waals surface area contributed by atoms with Crippen LogP contribution in [0, 0.1) is 0 Å². The summed E-state index contributed by atoms with van der Waals surface area (Å²) in [5, 5.41) is 0.877. The third-order valence-corrected chi connectivity index (χ3v) is 7.82. The van der Waals surface area contributed by atoms with E-state index in [1.54, 1.807) is 7.11 Å². The first-order valence-corrected chi connectivity index (χ1v) is 14.3. The van der Waals surface area contributed by atoms with E-state index in [1.165, 1.54) is 11.5 Å². The second kappa shape index (κ2) is 13.5. The number of carbonyl (C=O) groups excluding carboxylic acids is 1. The highest BCUT2D eigenvalue weighted by Gasteiger charge is 2.25. The first-order valence-electron chi connectivity index (χ1n) is 13.5. The van der Waals surface area contributed by atoms with Gasteiger partial charge in [-0.3, -0.25) is 4.79 Å². The number of amides is 1. The van der Waals surface area contributed by atoms with Gasteiger partial charge in [0.1, 0.15) is 17.3 Å². The van der Waals surface area contributed by atoms with Crippen LogP contribution in [0.5, 0.6) is 11.5 Å². The molecule has 4 rings (SSSR count). The number of hydrogen-bond acceptors (Lipinski definition) is 8. The van der Waals surface area contributed by atoms with Crippen molar-refractivity contribution in [2.24, 2.45) is 0 Å². The minimum Gasteiger partial charge on any atom is -0.497 e. The van der Waals surface area contributed by atoms with E-state index >= 15 is 0 Å². The predicted molar refractivity (Wildman–Crippen MR) is 154 cm³/mol. The fourth-order valence-electron chi connectivity index (χ4n) is 4.69. The van der Waals surface area contributed by atoms with E-state index in [9.17, 15) is 4.79 Å². The average Bonchev–Trinajstić information content (AvgIpc) is 3.41. The molecule has 0 N–H and O–H groups in total. The van der Waals surface area contributed by atoms with Gasteiger partial charge in [-0.25, -0.2) is 4.98 Å². The normalized spacial score (nSPS) is 14.3. The van der Waals surface area contributed by atoms with Gasteiger partial charge in [-0.2, -0.15) is 4.37 Å². The Labute approximate surface area is 230 Å². The number of hydrogen-bond donors (Lipinski definition) is 0. The molecule has 0 radical (unpaired) electrons. The van der Waals surface area contributed by atoms with Crippen molar-refractivity contribution in [1.82, 2.24) is 14.3 Å². The minimum atomic E-state index is 0.192. The van der Waals surface area contributed by atoms with Crippen molar-refractivity contribution in [3.63, 3.8) is 0 Å². The summed E-state index contributed by atoms with van der Waals surface area (Å²) in [6.07, 6.45) is 2.08. The lowest BCUT2D eigenvalue weighted by molar-refractivity contribution is -0.131. The third-order valence-electron chi connectivity index (χ3n) is 7.03. The van der Waals surface area contributed by atoms with Crippen molar-refractivity contribution in [3.05, 3.63) is 59.9 Å². The largest absolute Gasteiger partial charge is 0.497 e. The van der Waals surface area contributed by atoms with Crippen molar-refractivity contribution in [1.29, 1.82) is 0 Å². The number of piperazine rings is 1. The molecular formula is C29H39N5O3S. The Morgan fingerprint density at radius 1 is 1.11 bits per heavy atom. The minimum absolute atomic E-state index is 0.192. The van der Waals surface area contributed by atoms with E-state index in [-0.39, 0.29) is 11.9 Å². The van der Waals surface area contributed by atoms with E-state index in [0.29, 0.717) is 39.1 Å². The second-order valence-electron chi connectivity index (χ2n) is 9.49. The van der Waals surface area contributed by atoms with Crippen LogP contribution < -0.4 is 19.3 Å². The Bertz CT molecular complexity index is 1180. The number of nitrogens with zero attached hydrogens (tertiary/aromatic N) is 5. The number of ether oxygens (including phenoxy) is 2. The van der Waals surface area contributed by atoms with Gasteiger partial charge in [0.15, 0.2) is 0 Å². The van der Waals surface area contributed by atoms with Gasteiger partial charge in [-0.15, -0.1) is 0 Å². The van der Waals surface area contributed by atoms with Crippen molar-refractivity contribution in [2.75, 3.05) is 56.2 Å². The Morgan fingerprint density at radius 3 is 2.63 bits per heavy atom. The lowest BCUT2D eigenvalue weighted by Crippen LogP contribution is -2.49. The first kappa shape index (κ1) is 27.7. The molecule has 0 saturated carbocycles.